The van der Waals surface area contributed by atoms with Crippen molar-refractivity contribution in [1.29, 1.82) is 0 Å². The van der Waals surface area contributed by atoms with Crippen molar-refractivity contribution in [1.82, 2.24) is 0 Å². The molecule has 0 aromatic heterocycles. The van der Waals surface area contributed by atoms with E-state index in [1.807, 2.05) is 13.0 Å². The van der Waals surface area contributed by atoms with E-state index in [9.17, 15) is 13.2 Å². The Morgan fingerprint density at radius 1 is 1.11 bits per heavy atom. The Bertz CT molecular complexity index is 978. The first-order valence-corrected chi connectivity index (χ1v) is 10.6. The maximum absolute atomic E-state index is 12.9. The van der Waals surface area contributed by atoms with Gasteiger partial charge in [-0.3, -0.25) is 9.10 Å². The van der Waals surface area contributed by atoms with Crippen molar-refractivity contribution in [2.45, 2.75) is 19.9 Å². The van der Waals surface area contributed by atoms with Gasteiger partial charge in [-0.25, -0.2) is 8.42 Å². The second-order valence-electron chi connectivity index (χ2n) is 6.24. The van der Waals surface area contributed by atoms with E-state index >= 15 is 0 Å². The molecular formula is C19H23ClN2O5S. The normalized spacial score (nSPS) is 12.2. The average molecular weight is 427 g/mol. The number of anilines is 2. The number of amides is 1. The smallest absolute Gasteiger partial charge is 0.248 e. The van der Waals surface area contributed by atoms with E-state index in [1.54, 1.807) is 24.3 Å². The summed E-state index contributed by atoms with van der Waals surface area (Å²) in [5, 5.41) is 3.05. The molecule has 0 saturated heterocycles. The summed E-state index contributed by atoms with van der Waals surface area (Å²) in [6.07, 6.45) is 1.02. The van der Waals surface area contributed by atoms with Crippen LogP contribution in [-0.2, 0) is 14.8 Å². The molecule has 0 aliphatic rings. The Morgan fingerprint density at radius 2 is 1.71 bits per heavy atom. The minimum atomic E-state index is -3.83. The van der Waals surface area contributed by atoms with Crippen LogP contribution in [0.4, 0.5) is 11.4 Å². The van der Waals surface area contributed by atoms with Crippen molar-refractivity contribution in [3.8, 4) is 11.5 Å². The second-order valence-corrected chi connectivity index (χ2v) is 8.54. The number of carbonyl (C=O) groups excluding carboxylic acids is 1. The van der Waals surface area contributed by atoms with Gasteiger partial charge in [0, 0.05) is 5.02 Å². The summed E-state index contributed by atoms with van der Waals surface area (Å²) < 4.78 is 36.5. The number of sulfonamides is 1. The fraction of sp³-hybridized carbons (Fsp3) is 0.316. The van der Waals surface area contributed by atoms with E-state index in [1.165, 1.54) is 27.2 Å². The first-order valence-electron chi connectivity index (χ1n) is 8.37. The summed E-state index contributed by atoms with van der Waals surface area (Å²) in [5.41, 5.74) is 1.54. The van der Waals surface area contributed by atoms with Crippen molar-refractivity contribution in [2.75, 3.05) is 30.1 Å². The molecule has 152 valence electrons. The molecule has 2 aromatic rings. The van der Waals surface area contributed by atoms with Crippen LogP contribution < -0.4 is 19.1 Å². The number of halogens is 1. The van der Waals surface area contributed by atoms with Gasteiger partial charge in [0.15, 0.2) is 0 Å². The van der Waals surface area contributed by atoms with Crippen LogP contribution in [0.2, 0.25) is 5.02 Å². The Morgan fingerprint density at radius 3 is 2.29 bits per heavy atom. The van der Waals surface area contributed by atoms with Gasteiger partial charge in [0.1, 0.15) is 17.5 Å². The zero-order valence-electron chi connectivity index (χ0n) is 16.3. The van der Waals surface area contributed by atoms with Crippen LogP contribution in [0.1, 0.15) is 12.5 Å². The minimum Gasteiger partial charge on any atom is -0.495 e. The van der Waals surface area contributed by atoms with E-state index in [0.29, 0.717) is 16.5 Å². The fourth-order valence-electron chi connectivity index (χ4n) is 2.77. The Kier molecular flexibility index (Phi) is 6.79. The topological polar surface area (TPSA) is 84.9 Å². The Balaban J connectivity index is 2.45. The number of aryl methyl sites for hydroxylation is 1. The molecule has 0 saturated carbocycles. The molecule has 0 fully saturated rings. The molecular weight excluding hydrogens is 404 g/mol. The van der Waals surface area contributed by atoms with Gasteiger partial charge in [-0.1, -0.05) is 17.7 Å². The number of rotatable bonds is 7. The standard InChI is InChI=1S/C19H23ClN2O5S/c1-12-6-8-17(26-3)15(10-12)21-19(23)13(2)22(28(5,24)25)16-11-14(20)7-9-18(16)27-4/h6-11,13H,1-5H3,(H,21,23)/t13-/m0/s1. The van der Waals surface area contributed by atoms with Crippen LogP contribution >= 0.6 is 11.6 Å². The van der Waals surface area contributed by atoms with Gasteiger partial charge in [0.05, 0.1) is 31.9 Å². The van der Waals surface area contributed by atoms with Crippen LogP contribution in [0, 0.1) is 6.92 Å². The summed E-state index contributed by atoms with van der Waals surface area (Å²) in [7, 11) is -0.923. The molecule has 1 amide bonds. The Labute approximate surface area is 170 Å². The molecule has 0 radical (unpaired) electrons. The highest BCUT2D eigenvalue weighted by Gasteiger charge is 2.32. The third kappa shape index (κ3) is 4.88. The minimum absolute atomic E-state index is 0.177. The van der Waals surface area contributed by atoms with Crippen molar-refractivity contribution in [2.24, 2.45) is 0 Å². The quantitative estimate of drug-likeness (QED) is 0.732. The van der Waals surface area contributed by atoms with E-state index in [2.05, 4.69) is 5.32 Å². The third-order valence-electron chi connectivity index (χ3n) is 4.08. The van der Waals surface area contributed by atoms with Gasteiger partial charge >= 0.3 is 0 Å². The van der Waals surface area contributed by atoms with Crippen LogP contribution in [0.3, 0.4) is 0 Å². The van der Waals surface area contributed by atoms with Crippen molar-refractivity contribution < 1.29 is 22.7 Å². The molecule has 1 N–H and O–H groups in total. The molecule has 7 nitrogen and oxygen atoms in total. The van der Waals surface area contributed by atoms with E-state index in [0.717, 1.165) is 16.1 Å². The van der Waals surface area contributed by atoms with Crippen LogP contribution in [0.15, 0.2) is 36.4 Å². The fourth-order valence-corrected chi connectivity index (χ4v) is 4.11. The molecule has 28 heavy (non-hydrogen) atoms. The molecule has 0 aliphatic carbocycles. The van der Waals surface area contributed by atoms with E-state index < -0.39 is 22.0 Å². The number of nitrogens with zero attached hydrogens (tertiary/aromatic N) is 1. The molecule has 0 spiro atoms. The lowest BCUT2D eigenvalue weighted by Crippen LogP contribution is -2.45. The van der Waals surface area contributed by atoms with Gasteiger partial charge in [-0.2, -0.15) is 0 Å². The maximum atomic E-state index is 12.9. The van der Waals surface area contributed by atoms with Crippen LogP contribution in [0.25, 0.3) is 0 Å². The lowest BCUT2D eigenvalue weighted by molar-refractivity contribution is -0.116. The first kappa shape index (κ1) is 21.8. The summed E-state index contributed by atoms with van der Waals surface area (Å²) >= 11 is 6.04. The maximum Gasteiger partial charge on any atom is 0.248 e. The largest absolute Gasteiger partial charge is 0.495 e. The van der Waals surface area contributed by atoms with Crippen LogP contribution in [-0.4, -0.2) is 40.8 Å². The SMILES string of the molecule is COc1ccc(C)cc1NC(=O)[C@H](C)N(c1cc(Cl)ccc1OC)S(C)(=O)=O. The van der Waals surface area contributed by atoms with Crippen molar-refractivity contribution in [3.63, 3.8) is 0 Å². The van der Waals surface area contributed by atoms with Gasteiger partial charge < -0.3 is 14.8 Å². The van der Waals surface area contributed by atoms with Crippen molar-refractivity contribution in [3.05, 3.63) is 47.0 Å². The summed E-state index contributed by atoms with van der Waals surface area (Å²) in [5.74, 6) is 0.219. The molecule has 0 unspecified atom stereocenters. The number of hydrogen-bond donors (Lipinski definition) is 1. The zero-order valence-corrected chi connectivity index (χ0v) is 17.9. The van der Waals surface area contributed by atoms with Crippen LogP contribution in [0.5, 0.6) is 11.5 Å². The number of benzene rings is 2. The summed E-state index contributed by atoms with van der Waals surface area (Å²) in [6, 6.07) is 8.80. The summed E-state index contributed by atoms with van der Waals surface area (Å²) in [4.78, 5) is 12.9. The highest BCUT2D eigenvalue weighted by Crippen LogP contribution is 2.34. The molecule has 1 atom stereocenters. The number of hydrogen-bond acceptors (Lipinski definition) is 5. The number of carbonyl (C=O) groups is 1. The zero-order chi connectivity index (χ0) is 21.1. The molecule has 2 aromatic carbocycles. The van der Waals surface area contributed by atoms with Gasteiger partial charge in [0.25, 0.3) is 0 Å². The van der Waals surface area contributed by atoms with Crippen molar-refractivity contribution >= 4 is 38.9 Å². The van der Waals surface area contributed by atoms with Gasteiger partial charge in [0.2, 0.25) is 15.9 Å². The van der Waals surface area contributed by atoms with Gasteiger partial charge in [-0.05, 0) is 49.7 Å². The second kappa shape index (κ2) is 8.70. The lowest BCUT2D eigenvalue weighted by atomic mass is 10.2. The number of ether oxygens (including phenoxy) is 2. The average Bonchev–Trinajstić information content (AvgIpc) is 2.61. The third-order valence-corrected chi connectivity index (χ3v) is 5.54. The highest BCUT2D eigenvalue weighted by atomic mass is 35.5. The van der Waals surface area contributed by atoms with Gasteiger partial charge in [-0.15, -0.1) is 0 Å². The molecule has 0 bridgehead atoms. The first-order chi connectivity index (χ1) is 13.1. The molecule has 0 aliphatic heterocycles. The van der Waals surface area contributed by atoms with E-state index in [4.69, 9.17) is 21.1 Å². The van der Waals surface area contributed by atoms with E-state index in [-0.39, 0.29) is 11.4 Å². The molecule has 2 rings (SSSR count). The predicted molar refractivity (Wildman–Crippen MR) is 111 cm³/mol. The highest BCUT2D eigenvalue weighted by molar-refractivity contribution is 7.92. The Hall–Kier alpha value is -2.45. The summed E-state index contributed by atoms with van der Waals surface area (Å²) in [6.45, 7) is 3.36. The predicted octanol–water partition coefficient (Wildman–Crippen LogP) is 3.46. The molecule has 0 heterocycles. The molecule has 9 heteroatoms. The number of methoxy groups -OCH3 is 2. The monoisotopic (exact) mass is 426 g/mol. The number of nitrogens with one attached hydrogen (secondary N) is 1. The lowest BCUT2D eigenvalue weighted by Gasteiger charge is -2.29.